The number of hydrogen-bond acceptors (Lipinski definition) is 5. The van der Waals surface area contributed by atoms with Gasteiger partial charge in [-0.3, -0.25) is 9.29 Å². The average Bonchev–Trinajstić information content (AvgIpc) is 2.37. The van der Waals surface area contributed by atoms with Crippen molar-refractivity contribution >= 4 is 29.4 Å². The van der Waals surface area contributed by atoms with Crippen molar-refractivity contribution < 1.29 is 0 Å². The molecule has 0 saturated heterocycles. The first-order valence-electron chi connectivity index (χ1n) is 5.52. The van der Waals surface area contributed by atoms with Gasteiger partial charge in [-0.1, -0.05) is 0 Å². The van der Waals surface area contributed by atoms with E-state index in [1.165, 1.54) is 0 Å². The van der Waals surface area contributed by atoms with E-state index in [0.29, 0.717) is 0 Å². The summed E-state index contributed by atoms with van der Waals surface area (Å²) < 4.78 is 2.07. The first kappa shape index (κ1) is 13.1. The molecule has 0 aliphatic carbocycles. The van der Waals surface area contributed by atoms with Crippen LogP contribution >= 0.6 is 23.5 Å². The first-order valence-corrected chi connectivity index (χ1v) is 6.67. The molecule has 0 unspecified atom stereocenters. The van der Waals surface area contributed by atoms with Crippen LogP contribution in [0.15, 0.2) is 41.7 Å². The third-order valence-corrected chi connectivity index (χ3v) is 3.58. The first-order chi connectivity index (χ1) is 8.66. The molecule has 0 saturated carbocycles. The predicted molar refractivity (Wildman–Crippen MR) is 74.8 cm³/mol. The third kappa shape index (κ3) is 3.34. The maximum absolute atomic E-state index is 5.83. The van der Waals surface area contributed by atoms with Crippen LogP contribution in [0.1, 0.15) is 13.8 Å². The standard InChI is InChI=1S/C12H13ClN4S/c1-9(2)17(11-5-7-15-12(13)16-11)18-10-4-3-6-14-8-10/h3-9H,1-2H3. The van der Waals surface area contributed by atoms with E-state index in [2.05, 4.69) is 33.1 Å². The van der Waals surface area contributed by atoms with Crippen molar-refractivity contribution in [2.45, 2.75) is 24.8 Å². The van der Waals surface area contributed by atoms with Crippen LogP contribution in [0, 0.1) is 0 Å². The Kier molecular flexibility index (Phi) is 4.38. The van der Waals surface area contributed by atoms with Crippen molar-refractivity contribution in [1.82, 2.24) is 15.0 Å². The fraction of sp³-hybridized carbons (Fsp3) is 0.250. The van der Waals surface area contributed by atoms with E-state index < -0.39 is 0 Å². The summed E-state index contributed by atoms with van der Waals surface area (Å²) in [5.41, 5.74) is 0. The molecule has 2 heterocycles. The highest BCUT2D eigenvalue weighted by Gasteiger charge is 2.14. The van der Waals surface area contributed by atoms with Crippen molar-refractivity contribution in [2.75, 3.05) is 4.31 Å². The predicted octanol–water partition coefficient (Wildman–Crippen LogP) is 3.45. The van der Waals surface area contributed by atoms with Crippen LogP contribution < -0.4 is 4.31 Å². The van der Waals surface area contributed by atoms with Crippen LogP contribution in [-0.4, -0.2) is 21.0 Å². The summed E-state index contributed by atoms with van der Waals surface area (Å²) in [5.74, 6) is 0.791. The lowest BCUT2D eigenvalue weighted by Gasteiger charge is -2.25. The number of hydrogen-bond donors (Lipinski definition) is 0. The van der Waals surface area contributed by atoms with E-state index in [0.717, 1.165) is 10.7 Å². The highest BCUT2D eigenvalue weighted by molar-refractivity contribution is 8.00. The van der Waals surface area contributed by atoms with Gasteiger partial charge in [0.05, 0.1) is 0 Å². The van der Waals surface area contributed by atoms with Crippen LogP contribution in [0.2, 0.25) is 5.28 Å². The average molecular weight is 281 g/mol. The maximum atomic E-state index is 5.83. The fourth-order valence-electron chi connectivity index (χ4n) is 1.38. The molecule has 0 spiro atoms. The van der Waals surface area contributed by atoms with Gasteiger partial charge in [0.1, 0.15) is 5.82 Å². The minimum atomic E-state index is 0.255. The van der Waals surface area contributed by atoms with Gasteiger partial charge in [0, 0.05) is 35.6 Å². The number of pyridine rings is 1. The zero-order chi connectivity index (χ0) is 13.0. The van der Waals surface area contributed by atoms with Gasteiger partial charge < -0.3 is 0 Å². The Morgan fingerprint density at radius 3 is 2.72 bits per heavy atom. The molecule has 0 radical (unpaired) electrons. The van der Waals surface area contributed by atoms with Gasteiger partial charge in [0.15, 0.2) is 0 Å². The molecule has 0 aromatic carbocycles. The van der Waals surface area contributed by atoms with Crippen LogP contribution in [0.5, 0.6) is 0 Å². The molecule has 0 aliphatic rings. The van der Waals surface area contributed by atoms with Crippen LogP contribution in [0.4, 0.5) is 5.82 Å². The minimum absolute atomic E-state index is 0.255. The number of aromatic nitrogens is 3. The molecule has 2 aromatic rings. The molecule has 0 amide bonds. The van der Waals surface area contributed by atoms with Crippen LogP contribution in [-0.2, 0) is 0 Å². The lowest BCUT2D eigenvalue weighted by molar-refractivity contribution is 0.822. The molecular weight excluding hydrogens is 268 g/mol. The molecule has 0 aliphatic heterocycles. The molecule has 94 valence electrons. The fourth-order valence-corrected chi connectivity index (χ4v) is 2.40. The summed E-state index contributed by atoms with van der Waals surface area (Å²) in [7, 11) is 0. The molecular formula is C12H13ClN4S. The van der Waals surface area contributed by atoms with Gasteiger partial charge >= 0.3 is 0 Å². The Bertz CT molecular complexity index is 506. The molecule has 0 bridgehead atoms. The molecule has 0 N–H and O–H groups in total. The van der Waals surface area contributed by atoms with Crippen LogP contribution in [0.3, 0.4) is 0 Å². The number of nitrogens with zero attached hydrogens (tertiary/aromatic N) is 4. The SMILES string of the molecule is CC(C)N(Sc1cccnc1)c1ccnc(Cl)n1. The second-order valence-corrected chi connectivity index (χ2v) is 5.27. The zero-order valence-corrected chi connectivity index (χ0v) is 11.7. The minimum Gasteiger partial charge on any atom is -0.294 e. The normalized spacial score (nSPS) is 10.7. The monoisotopic (exact) mass is 280 g/mol. The van der Waals surface area contributed by atoms with E-state index in [-0.39, 0.29) is 11.3 Å². The van der Waals surface area contributed by atoms with Crippen LogP contribution in [0.25, 0.3) is 0 Å². The smallest absolute Gasteiger partial charge is 0.224 e. The molecule has 0 fully saturated rings. The van der Waals surface area contributed by atoms with Crippen molar-refractivity contribution in [3.63, 3.8) is 0 Å². The van der Waals surface area contributed by atoms with Gasteiger partial charge in [-0.05, 0) is 49.5 Å². The maximum Gasteiger partial charge on any atom is 0.224 e. The Balaban J connectivity index is 2.24. The molecule has 0 atom stereocenters. The Hall–Kier alpha value is -1.33. The molecule has 6 heteroatoms. The Morgan fingerprint density at radius 1 is 1.28 bits per heavy atom. The second kappa shape index (κ2) is 6.02. The van der Waals surface area contributed by atoms with E-state index in [1.807, 2.05) is 24.4 Å². The third-order valence-electron chi connectivity index (χ3n) is 2.14. The van der Waals surface area contributed by atoms with Gasteiger partial charge in [-0.2, -0.15) is 4.98 Å². The van der Waals surface area contributed by atoms with E-state index >= 15 is 0 Å². The molecule has 18 heavy (non-hydrogen) atoms. The number of anilines is 1. The number of halogens is 1. The van der Waals surface area contributed by atoms with Crippen molar-refractivity contribution in [2.24, 2.45) is 0 Å². The summed E-state index contributed by atoms with van der Waals surface area (Å²) in [4.78, 5) is 13.3. The van der Waals surface area contributed by atoms with Gasteiger partial charge in [0.25, 0.3) is 0 Å². The largest absolute Gasteiger partial charge is 0.294 e. The van der Waals surface area contributed by atoms with Crippen molar-refractivity contribution in [3.8, 4) is 0 Å². The highest BCUT2D eigenvalue weighted by atomic mass is 35.5. The van der Waals surface area contributed by atoms with Gasteiger partial charge in [-0.15, -0.1) is 0 Å². The van der Waals surface area contributed by atoms with E-state index in [4.69, 9.17) is 11.6 Å². The Labute approximate surface area is 116 Å². The van der Waals surface area contributed by atoms with Gasteiger partial charge in [-0.25, -0.2) is 4.98 Å². The second-order valence-electron chi connectivity index (χ2n) is 3.88. The van der Waals surface area contributed by atoms with Gasteiger partial charge in [0.2, 0.25) is 5.28 Å². The Morgan fingerprint density at radius 2 is 2.11 bits per heavy atom. The summed E-state index contributed by atoms with van der Waals surface area (Å²) in [6.45, 7) is 4.19. The van der Waals surface area contributed by atoms with Crippen molar-refractivity contribution in [1.29, 1.82) is 0 Å². The molecule has 4 nitrogen and oxygen atoms in total. The lowest BCUT2D eigenvalue weighted by Crippen LogP contribution is -2.24. The quantitative estimate of drug-likeness (QED) is 0.634. The summed E-state index contributed by atoms with van der Waals surface area (Å²) in [6, 6.07) is 6.04. The highest BCUT2D eigenvalue weighted by Crippen LogP contribution is 2.29. The lowest BCUT2D eigenvalue weighted by atomic mass is 10.4. The summed E-state index contributed by atoms with van der Waals surface area (Å²) in [6.07, 6.45) is 5.23. The molecule has 2 rings (SSSR count). The zero-order valence-electron chi connectivity index (χ0n) is 10.1. The van der Waals surface area contributed by atoms with Crippen molar-refractivity contribution in [3.05, 3.63) is 42.1 Å². The molecule has 2 aromatic heterocycles. The summed E-state index contributed by atoms with van der Waals surface area (Å²) in [5, 5.41) is 0.255. The summed E-state index contributed by atoms with van der Waals surface area (Å²) >= 11 is 7.41. The number of rotatable bonds is 4. The topological polar surface area (TPSA) is 41.9 Å². The van der Waals surface area contributed by atoms with E-state index in [9.17, 15) is 0 Å². The van der Waals surface area contributed by atoms with E-state index in [1.54, 1.807) is 24.3 Å².